The Balaban J connectivity index is 2.33. The molecule has 1 aromatic heterocycles. The van der Waals surface area contributed by atoms with Gasteiger partial charge in [0.1, 0.15) is 13.2 Å². The van der Waals surface area contributed by atoms with Crippen LogP contribution in [0.4, 0.5) is 4.39 Å². The molecule has 3 nitrogen and oxygen atoms in total. The second kappa shape index (κ2) is 5.61. The Labute approximate surface area is 126 Å². The number of hydrogen-bond donors (Lipinski definition) is 1. The topological polar surface area (TPSA) is 43.8 Å². The van der Waals surface area contributed by atoms with E-state index in [4.69, 9.17) is 5.73 Å². The summed E-state index contributed by atoms with van der Waals surface area (Å²) in [5.74, 6) is -0.246. The van der Waals surface area contributed by atoms with Crippen molar-refractivity contribution in [3.05, 3.63) is 48.9 Å². The van der Waals surface area contributed by atoms with Gasteiger partial charge in [0.15, 0.2) is 0 Å². The van der Waals surface area contributed by atoms with Gasteiger partial charge in [-0.3, -0.25) is 0 Å². The van der Waals surface area contributed by atoms with Crippen LogP contribution in [0.3, 0.4) is 0 Å². The fourth-order valence-electron chi connectivity index (χ4n) is 1.58. The first-order valence-corrected chi connectivity index (χ1v) is 7.11. The summed E-state index contributed by atoms with van der Waals surface area (Å²) in [4.78, 5) is 4.22. The van der Waals surface area contributed by atoms with Gasteiger partial charge in [0.05, 0.1) is 6.33 Å². The summed E-state index contributed by atoms with van der Waals surface area (Å²) >= 11 is 4.43. The van der Waals surface area contributed by atoms with E-state index in [1.807, 2.05) is 4.57 Å². The highest BCUT2D eigenvalue weighted by molar-refractivity contribution is 14.1. The van der Waals surface area contributed by atoms with Crippen LogP contribution in [0.15, 0.2) is 24.5 Å². The molecule has 2 rings (SSSR count). The second-order valence-corrected chi connectivity index (χ2v) is 5.61. The van der Waals surface area contributed by atoms with Crippen molar-refractivity contribution in [1.82, 2.24) is 9.55 Å². The third kappa shape index (κ3) is 2.97. The number of nitrogens with zero attached hydrogens (tertiary/aromatic N) is 2. The van der Waals surface area contributed by atoms with Crippen molar-refractivity contribution in [2.24, 2.45) is 5.73 Å². The summed E-state index contributed by atoms with van der Waals surface area (Å²) in [5.41, 5.74) is 7.49. The van der Waals surface area contributed by atoms with Gasteiger partial charge in [-0.2, -0.15) is 0 Å². The van der Waals surface area contributed by atoms with E-state index >= 15 is 0 Å². The molecule has 0 saturated heterocycles. The molecule has 6 heteroatoms. The Kier molecular flexibility index (Phi) is 4.36. The molecule has 0 saturated carbocycles. The lowest BCUT2D eigenvalue weighted by molar-refractivity contribution is 0.623. The SMILES string of the molecule is NCc1cc(F)ccc1Cn1cnc(I)c1I. The predicted octanol–water partition coefficient (Wildman–Crippen LogP) is 2.74. The van der Waals surface area contributed by atoms with Crippen molar-refractivity contribution < 1.29 is 4.39 Å². The average molecular weight is 457 g/mol. The molecule has 0 spiro atoms. The van der Waals surface area contributed by atoms with Gasteiger partial charge in [-0.15, -0.1) is 0 Å². The highest BCUT2D eigenvalue weighted by Gasteiger charge is 2.08. The Hall–Kier alpha value is -0.220. The molecule has 0 bridgehead atoms. The Morgan fingerprint density at radius 1 is 1.29 bits per heavy atom. The lowest BCUT2D eigenvalue weighted by Gasteiger charge is -2.09. The molecular weight excluding hydrogens is 447 g/mol. The largest absolute Gasteiger partial charge is 0.326 e. The average Bonchev–Trinajstić information content (AvgIpc) is 2.63. The van der Waals surface area contributed by atoms with Crippen LogP contribution in [0.5, 0.6) is 0 Å². The van der Waals surface area contributed by atoms with Gasteiger partial charge in [0, 0.05) is 13.1 Å². The number of benzene rings is 1. The molecule has 0 fully saturated rings. The van der Waals surface area contributed by atoms with Crippen LogP contribution in [0.25, 0.3) is 0 Å². The van der Waals surface area contributed by atoms with Crippen molar-refractivity contribution in [2.45, 2.75) is 13.1 Å². The van der Waals surface area contributed by atoms with Crippen LogP contribution >= 0.6 is 45.2 Å². The number of nitrogens with two attached hydrogens (primary N) is 1. The van der Waals surface area contributed by atoms with Gasteiger partial charge >= 0.3 is 0 Å². The second-order valence-electron chi connectivity index (χ2n) is 3.57. The van der Waals surface area contributed by atoms with Gasteiger partial charge in [-0.25, -0.2) is 9.37 Å². The Morgan fingerprint density at radius 3 is 2.65 bits per heavy atom. The first-order chi connectivity index (χ1) is 8.11. The number of imidazole rings is 1. The number of hydrogen-bond acceptors (Lipinski definition) is 2. The zero-order valence-corrected chi connectivity index (χ0v) is 13.1. The highest BCUT2D eigenvalue weighted by atomic mass is 127. The third-order valence-corrected chi connectivity index (χ3v) is 5.41. The smallest absolute Gasteiger partial charge is 0.132 e. The van der Waals surface area contributed by atoms with Crippen molar-refractivity contribution >= 4 is 45.2 Å². The number of rotatable bonds is 3. The maximum absolute atomic E-state index is 13.1. The van der Waals surface area contributed by atoms with Crippen molar-refractivity contribution in [2.75, 3.05) is 0 Å². The zero-order chi connectivity index (χ0) is 12.4. The first kappa shape index (κ1) is 13.2. The monoisotopic (exact) mass is 457 g/mol. The molecule has 0 aliphatic rings. The normalized spacial score (nSPS) is 10.8. The molecule has 90 valence electrons. The lowest BCUT2D eigenvalue weighted by atomic mass is 10.1. The van der Waals surface area contributed by atoms with Gasteiger partial charge in [0.25, 0.3) is 0 Å². The van der Waals surface area contributed by atoms with Gasteiger partial charge in [-0.05, 0) is 68.4 Å². The van der Waals surface area contributed by atoms with E-state index in [1.54, 1.807) is 12.4 Å². The molecular formula is C11H10FI2N3. The van der Waals surface area contributed by atoms with Crippen molar-refractivity contribution in [3.63, 3.8) is 0 Å². The van der Waals surface area contributed by atoms with E-state index in [0.29, 0.717) is 13.1 Å². The summed E-state index contributed by atoms with van der Waals surface area (Å²) in [5, 5.41) is 0. The maximum Gasteiger partial charge on any atom is 0.132 e. The van der Waals surface area contributed by atoms with E-state index in [-0.39, 0.29) is 5.82 Å². The minimum Gasteiger partial charge on any atom is -0.326 e. The molecule has 2 N–H and O–H groups in total. The summed E-state index contributed by atoms with van der Waals surface area (Å²) in [6.45, 7) is 1.01. The van der Waals surface area contributed by atoms with Crippen LogP contribution in [0.1, 0.15) is 11.1 Å². The molecule has 0 unspecified atom stereocenters. The minimum absolute atomic E-state index is 0.246. The van der Waals surface area contributed by atoms with E-state index in [0.717, 1.165) is 18.5 Å². The fourth-order valence-corrected chi connectivity index (χ4v) is 2.44. The molecule has 2 aromatic rings. The summed E-state index contributed by atoms with van der Waals surface area (Å²) in [6.07, 6.45) is 1.78. The van der Waals surface area contributed by atoms with Crippen LogP contribution in [0, 0.1) is 13.2 Å². The van der Waals surface area contributed by atoms with Crippen LogP contribution < -0.4 is 5.73 Å². The third-order valence-electron chi connectivity index (χ3n) is 2.46. The van der Waals surface area contributed by atoms with E-state index < -0.39 is 0 Å². The first-order valence-electron chi connectivity index (χ1n) is 4.95. The van der Waals surface area contributed by atoms with Crippen LogP contribution in [-0.2, 0) is 13.1 Å². The van der Waals surface area contributed by atoms with Gasteiger partial charge in [0.2, 0.25) is 0 Å². The van der Waals surface area contributed by atoms with Crippen molar-refractivity contribution in [1.29, 1.82) is 0 Å². The predicted molar refractivity (Wildman–Crippen MR) is 81.1 cm³/mol. The number of halogens is 3. The Bertz CT molecular complexity index is 540. The van der Waals surface area contributed by atoms with E-state index in [2.05, 4.69) is 50.2 Å². The van der Waals surface area contributed by atoms with E-state index in [9.17, 15) is 4.39 Å². The maximum atomic E-state index is 13.1. The van der Waals surface area contributed by atoms with Crippen molar-refractivity contribution in [3.8, 4) is 0 Å². The quantitative estimate of drug-likeness (QED) is 0.722. The number of aromatic nitrogens is 2. The summed E-state index contributed by atoms with van der Waals surface area (Å²) in [6, 6.07) is 4.73. The van der Waals surface area contributed by atoms with Gasteiger partial charge in [-0.1, -0.05) is 6.07 Å². The van der Waals surface area contributed by atoms with Crippen LogP contribution in [0.2, 0.25) is 0 Å². The molecule has 17 heavy (non-hydrogen) atoms. The molecule has 1 aromatic carbocycles. The highest BCUT2D eigenvalue weighted by Crippen LogP contribution is 2.17. The summed E-state index contributed by atoms with van der Waals surface area (Å²) < 4.78 is 17.2. The van der Waals surface area contributed by atoms with Gasteiger partial charge < -0.3 is 10.3 Å². The standard InChI is InChI=1S/C11H10FI2N3/c12-9-2-1-7(8(3-9)4-15)5-17-6-16-10(13)11(17)14/h1-3,6H,4-5,15H2. The fraction of sp³-hybridized carbons (Fsp3) is 0.182. The lowest BCUT2D eigenvalue weighted by Crippen LogP contribution is -2.07. The molecule has 0 atom stereocenters. The minimum atomic E-state index is -0.246. The van der Waals surface area contributed by atoms with Crippen LogP contribution in [-0.4, -0.2) is 9.55 Å². The molecule has 0 radical (unpaired) electrons. The molecule has 1 heterocycles. The summed E-state index contributed by atoms with van der Waals surface area (Å²) in [7, 11) is 0. The van der Waals surface area contributed by atoms with E-state index in [1.165, 1.54) is 12.1 Å². The molecule has 0 aliphatic carbocycles. The Morgan fingerprint density at radius 2 is 2.06 bits per heavy atom. The zero-order valence-electron chi connectivity index (χ0n) is 8.83. The molecule has 0 amide bonds. The molecule has 0 aliphatic heterocycles.